The van der Waals surface area contributed by atoms with Crippen molar-refractivity contribution in [2.45, 2.75) is 43.8 Å². The number of carboxylic acid groups (broad SMARTS) is 1. The number of hydrogen-bond acceptors (Lipinski definition) is 5. The van der Waals surface area contributed by atoms with Crippen molar-refractivity contribution in [1.82, 2.24) is 15.3 Å². The topological polar surface area (TPSA) is 95.1 Å². The molecule has 0 aromatic carbocycles. The molecule has 0 fully saturated rings. The van der Waals surface area contributed by atoms with Gasteiger partial charge in [-0.1, -0.05) is 25.1 Å². The third-order valence-corrected chi connectivity index (χ3v) is 4.02. The summed E-state index contributed by atoms with van der Waals surface area (Å²) in [4.78, 5) is 29.7. The van der Waals surface area contributed by atoms with E-state index in [-0.39, 0.29) is 5.56 Å². The minimum atomic E-state index is -0.964. The number of aliphatic carboxylic acids is 1. The van der Waals surface area contributed by atoms with Crippen LogP contribution in [0.3, 0.4) is 0 Å². The maximum absolute atomic E-state index is 11.5. The summed E-state index contributed by atoms with van der Waals surface area (Å²) in [7, 11) is 1.63. The second kappa shape index (κ2) is 7.44. The monoisotopic (exact) mass is 299 g/mol. The molecule has 0 saturated carbocycles. The van der Waals surface area contributed by atoms with Crippen LogP contribution in [0.25, 0.3) is 0 Å². The first-order valence-electron chi connectivity index (χ1n) is 6.56. The van der Waals surface area contributed by atoms with Gasteiger partial charge in [-0.25, -0.2) is 4.98 Å². The van der Waals surface area contributed by atoms with Crippen LogP contribution in [0.15, 0.2) is 16.0 Å². The molecule has 0 aliphatic carbocycles. The second-order valence-corrected chi connectivity index (χ2v) is 5.86. The van der Waals surface area contributed by atoms with Crippen molar-refractivity contribution in [3.8, 4) is 0 Å². The van der Waals surface area contributed by atoms with Crippen molar-refractivity contribution in [3.63, 3.8) is 0 Å². The molecule has 0 spiro atoms. The quantitative estimate of drug-likeness (QED) is 0.494. The summed E-state index contributed by atoms with van der Waals surface area (Å²) in [6.07, 6.45) is 2.13. The number of nitrogens with one attached hydrogen (secondary N) is 2. The zero-order valence-corrected chi connectivity index (χ0v) is 12.8. The summed E-state index contributed by atoms with van der Waals surface area (Å²) in [5, 5.41) is 12.5. The predicted molar refractivity (Wildman–Crippen MR) is 79.3 cm³/mol. The van der Waals surface area contributed by atoms with Crippen molar-refractivity contribution in [1.29, 1.82) is 0 Å². The normalized spacial score (nSPS) is 13.9. The average Bonchev–Trinajstić information content (AvgIpc) is 2.38. The number of carboxylic acids is 1. The van der Waals surface area contributed by atoms with Crippen LogP contribution in [-0.4, -0.2) is 39.4 Å². The van der Waals surface area contributed by atoms with Gasteiger partial charge in [0.05, 0.1) is 0 Å². The van der Waals surface area contributed by atoms with Gasteiger partial charge in [0.25, 0.3) is 5.56 Å². The Bertz CT molecular complexity index is 518. The minimum Gasteiger partial charge on any atom is -0.480 e. The SMILES string of the molecule is CCCc1cc(=O)[nH]c(SCCC(C)(NC)C(=O)O)n1. The Morgan fingerprint density at radius 2 is 2.30 bits per heavy atom. The van der Waals surface area contributed by atoms with Crippen LogP contribution in [-0.2, 0) is 11.2 Å². The molecule has 1 unspecified atom stereocenters. The fraction of sp³-hybridized carbons (Fsp3) is 0.615. The van der Waals surface area contributed by atoms with E-state index in [0.29, 0.717) is 17.3 Å². The highest BCUT2D eigenvalue weighted by Crippen LogP contribution is 2.18. The molecule has 1 aromatic heterocycles. The molecule has 1 heterocycles. The van der Waals surface area contributed by atoms with Crippen molar-refractivity contribution in [3.05, 3.63) is 22.1 Å². The third kappa shape index (κ3) is 4.64. The van der Waals surface area contributed by atoms with Gasteiger partial charge in [0.15, 0.2) is 5.16 Å². The Hall–Kier alpha value is -1.34. The lowest BCUT2D eigenvalue weighted by molar-refractivity contribution is -0.144. The Balaban J connectivity index is 2.66. The van der Waals surface area contributed by atoms with E-state index in [9.17, 15) is 9.59 Å². The molecule has 1 rings (SSSR count). The van der Waals surface area contributed by atoms with Crippen molar-refractivity contribution in [2.75, 3.05) is 12.8 Å². The fourth-order valence-corrected chi connectivity index (χ4v) is 2.68. The maximum atomic E-state index is 11.5. The highest BCUT2D eigenvalue weighted by atomic mass is 32.2. The van der Waals surface area contributed by atoms with Crippen LogP contribution in [0.4, 0.5) is 0 Å². The van der Waals surface area contributed by atoms with Crippen LogP contribution < -0.4 is 10.9 Å². The van der Waals surface area contributed by atoms with Gasteiger partial charge in [0, 0.05) is 17.5 Å². The van der Waals surface area contributed by atoms with E-state index in [1.807, 2.05) is 6.92 Å². The lowest BCUT2D eigenvalue weighted by atomic mass is 10.00. The molecular formula is C13H21N3O3S. The molecule has 3 N–H and O–H groups in total. The number of hydrogen-bond donors (Lipinski definition) is 3. The van der Waals surface area contributed by atoms with Crippen LogP contribution in [0.2, 0.25) is 0 Å². The zero-order valence-electron chi connectivity index (χ0n) is 12.0. The zero-order chi connectivity index (χ0) is 15.2. The van der Waals surface area contributed by atoms with Gasteiger partial charge in [0.2, 0.25) is 0 Å². The molecule has 20 heavy (non-hydrogen) atoms. The largest absolute Gasteiger partial charge is 0.480 e. The smallest absolute Gasteiger partial charge is 0.323 e. The van der Waals surface area contributed by atoms with Gasteiger partial charge in [-0.3, -0.25) is 9.59 Å². The van der Waals surface area contributed by atoms with Gasteiger partial charge < -0.3 is 15.4 Å². The number of nitrogens with zero attached hydrogens (tertiary/aromatic N) is 1. The first kappa shape index (κ1) is 16.7. The van der Waals surface area contributed by atoms with E-state index in [2.05, 4.69) is 15.3 Å². The molecule has 0 saturated heterocycles. The Morgan fingerprint density at radius 3 is 2.85 bits per heavy atom. The minimum absolute atomic E-state index is 0.166. The first-order valence-corrected chi connectivity index (χ1v) is 7.55. The highest BCUT2D eigenvalue weighted by Gasteiger charge is 2.30. The molecule has 0 aliphatic rings. The molecular weight excluding hydrogens is 278 g/mol. The van der Waals surface area contributed by atoms with Crippen LogP contribution in [0.5, 0.6) is 0 Å². The Kier molecular flexibility index (Phi) is 6.22. The van der Waals surface area contributed by atoms with Gasteiger partial charge in [0.1, 0.15) is 5.54 Å². The number of H-pyrrole nitrogens is 1. The summed E-state index contributed by atoms with van der Waals surface area (Å²) in [5.41, 5.74) is -0.358. The van der Waals surface area contributed by atoms with Gasteiger partial charge in [-0.15, -0.1) is 0 Å². The van der Waals surface area contributed by atoms with E-state index in [0.717, 1.165) is 18.5 Å². The summed E-state index contributed by atoms with van der Waals surface area (Å²) >= 11 is 1.36. The molecule has 0 bridgehead atoms. The molecule has 0 amide bonds. The third-order valence-electron chi connectivity index (χ3n) is 3.14. The second-order valence-electron chi connectivity index (χ2n) is 4.78. The summed E-state index contributed by atoms with van der Waals surface area (Å²) < 4.78 is 0. The number of rotatable bonds is 8. The van der Waals surface area contributed by atoms with Crippen LogP contribution in [0.1, 0.15) is 32.4 Å². The van der Waals surface area contributed by atoms with E-state index in [1.54, 1.807) is 14.0 Å². The molecule has 112 valence electrons. The highest BCUT2D eigenvalue weighted by molar-refractivity contribution is 7.99. The van der Waals surface area contributed by atoms with E-state index in [4.69, 9.17) is 5.11 Å². The van der Waals surface area contributed by atoms with Crippen molar-refractivity contribution in [2.24, 2.45) is 0 Å². The van der Waals surface area contributed by atoms with Gasteiger partial charge in [-0.2, -0.15) is 0 Å². The summed E-state index contributed by atoms with van der Waals surface area (Å²) in [6, 6.07) is 1.50. The van der Waals surface area contributed by atoms with Crippen LogP contribution in [0, 0.1) is 0 Å². The van der Waals surface area contributed by atoms with Gasteiger partial charge in [-0.05, 0) is 26.8 Å². The van der Waals surface area contributed by atoms with Gasteiger partial charge >= 0.3 is 5.97 Å². The fourth-order valence-electron chi connectivity index (χ4n) is 1.63. The number of likely N-dealkylation sites (N-methyl/N-ethyl adjacent to an activating group) is 1. The lowest BCUT2D eigenvalue weighted by Gasteiger charge is -2.23. The van der Waals surface area contributed by atoms with E-state index < -0.39 is 11.5 Å². The maximum Gasteiger partial charge on any atom is 0.323 e. The number of aryl methyl sites for hydroxylation is 1. The van der Waals surface area contributed by atoms with E-state index >= 15 is 0 Å². The molecule has 7 heteroatoms. The number of carbonyl (C=O) groups is 1. The number of aromatic nitrogens is 2. The van der Waals surface area contributed by atoms with Crippen molar-refractivity contribution < 1.29 is 9.90 Å². The molecule has 6 nitrogen and oxygen atoms in total. The summed E-state index contributed by atoms with van der Waals surface area (Å²) in [6.45, 7) is 3.67. The molecule has 1 aromatic rings. The Morgan fingerprint density at radius 1 is 1.60 bits per heavy atom. The predicted octanol–water partition coefficient (Wildman–Crippen LogP) is 1.27. The Labute approximate surface area is 122 Å². The van der Waals surface area contributed by atoms with Crippen LogP contribution >= 0.6 is 11.8 Å². The molecule has 1 atom stereocenters. The average molecular weight is 299 g/mol. The number of aromatic amines is 1. The molecule has 0 radical (unpaired) electrons. The molecule has 0 aliphatic heterocycles. The van der Waals surface area contributed by atoms with Crippen molar-refractivity contribution >= 4 is 17.7 Å². The lowest BCUT2D eigenvalue weighted by Crippen LogP contribution is -2.47. The standard InChI is InChI=1S/C13H21N3O3S/c1-4-5-9-8-10(17)16-12(15-9)20-7-6-13(2,14-3)11(18)19/h8,14H,4-7H2,1-3H3,(H,18,19)(H,15,16,17). The van der Waals surface area contributed by atoms with E-state index in [1.165, 1.54) is 17.8 Å². The number of thioether (sulfide) groups is 1. The first-order chi connectivity index (χ1) is 9.41. The summed E-state index contributed by atoms with van der Waals surface area (Å²) in [5.74, 6) is -0.330.